The Kier molecular flexibility index (Phi) is 3.44. The molecule has 2 rings (SSSR count). The molecule has 1 aromatic carbocycles. The lowest BCUT2D eigenvalue weighted by Crippen LogP contribution is -2.21. The van der Waals surface area contributed by atoms with Crippen molar-refractivity contribution in [2.24, 2.45) is 7.05 Å². The van der Waals surface area contributed by atoms with Gasteiger partial charge in [-0.1, -0.05) is 12.1 Å². The third kappa shape index (κ3) is 2.20. The number of imidazole rings is 1. The van der Waals surface area contributed by atoms with Crippen molar-refractivity contribution in [2.75, 3.05) is 0 Å². The van der Waals surface area contributed by atoms with Crippen LogP contribution in [0.15, 0.2) is 29.4 Å². The van der Waals surface area contributed by atoms with Crippen molar-refractivity contribution in [3.05, 3.63) is 24.3 Å². The Balaban J connectivity index is 2.78. The van der Waals surface area contributed by atoms with Gasteiger partial charge in [-0.3, -0.25) is 0 Å². The molecule has 0 aliphatic carbocycles. The highest BCUT2D eigenvalue weighted by molar-refractivity contribution is 9.42. The Morgan fingerprint density at radius 1 is 1.24 bits per heavy atom. The van der Waals surface area contributed by atoms with E-state index in [9.17, 15) is 8.42 Å². The standard InChI is InChI=1S/C9H7Br3N2O2S/c1-14-7-5-3-2-4-6(7)13-8(14)17(15,16)9(10,11)12/h2-5H,1H3. The predicted octanol–water partition coefficient (Wildman–Crippen LogP) is 3.14. The van der Waals surface area contributed by atoms with Crippen LogP contribution in [0.3, 0.4) is 0 Å². The molecule has 0 aliphatic heterocycles. The minimum atomic E-state index is -3.67. The number of alkyl halides is 3. The highest BCUT2D eigenvalue weighted by Gasteiger charge is 2.40. The first kappa shape index (κ1) is 13.5. The lowest BCUT2D eigenvalue weighted by atomic mass is 10.3. The fourth-order valence-electron chi connectivity index (χ4n) is 1.47. The summed E-state index contributed by atoms with van der Waals surface area (Å²) in [6, 6.07) is 7.24. The number of nitrogens with zero attached hydrogens (tertiary/aromatic N) is 2. The smallest absolute Gasteiger partial charge is 0.247 e. The van der Waals surface area contributed by atoms with E-state index in [1.165, 1.54) is 0 Å². The second-order valence-corrected chi connectivity index (χ2v) is 13.7. The van der Waals surface area contributed by atoms with Crippen molar-refractivity contribution in [1.82, 2.24) is 9.55 Å². The molecule has 1 heterocycles. The Morgan fingerprint density at radius 3 is 2.35 bits per heavy atom. The van der Waals surface area contributed by atoms with Gasteiger partial charge in [-0.05, 0) is 59.9 Å². The van der Waals surface area contributed by atoms with Crippen LogP contribution >= 0.6 is 47.8 Å². The molecule has 0 fully saturated rings. The number of hydrogen-bond donors (Lipinski definition) is 0. The number of para-hydroxylation sites is 2. The van der Waals surface area contributed by atoms with E-state index in [1.54, 1.807) is 17.7 Å². The lowest BCUT2D eigenvalue weighted by Gasteiger charge is -2.12. The van der Waals surface area contributed by atoms with E-state index in [-0.39, 0.29) is 5.16 Å². The molecule has 8 heteroatoms. The highest BCUT2D eigenvalue weighted by Crippen LogP contribution is 2.43. The van der Waals surface area contributed by atoms with Gasteiger partial charge in [0.2, 0.25) is 16.5 Å². The fraction of sp³-hybridized carbons (Fsp3) is 0.222. The zero-order chi connectivity index (χ0) is 12.8. The van der Waals surface area contributed by atoms with Crippen LogP contribution in [0.25, 0.3) is 11.0 Å². The monoisotopic (exact) mass is 444 g/mol. The van der Waals surface area contributed by atoms with E-state index >= 15 is 0 Å². The van der Waals surface area contributed by atoms with Crippen molar-refractivity contribution in [1.29, 1.82) is 0 Å². The molecule has 0 N–H and O–H groups in total. The molecule has 17 heavy (non-hydrogen) atoms. The minimum Gasteiger partial charge on any atom is -0.318 e. The van der Waals surface area contributed by atoms with E-state index in [4.69, 9.17) is 0 Å². The summed E-state index contributed by atoms with van der Waals surface area (Å²) in [6.07, 6.45) is 0. The first-order valence-electron chi connectivity index (χ1n) is 4.48. The maximum atomic E-state index is 12.2. The molecule has 0 unspecified atom stereocenters. The second-order valence-electron chi connectivity index (χ2n) is 3.39. The van der Waals surface area contributed by atoms with Crippen LogP contribution in [0.1, 0.15) is 0 Å². The van der Waals surface area contributed by atoms with Gasteiger partial charge in [-0.2, -0.15) is 0 Å². The number of hydrogen-bond acceptors (Lipinski definition) is 3. The molecule has 0 spiro atoms. The van der Waals surface area contributed by atoms with Crippen molar-refractivity contribution < 1.29 is 8.42 Å². The van der Waals surface area contributed by atoms with Crippen molar-refractivity contribution in [3.8, 4) is 0 Å². The maximum Gasteiger partial charge on any atom is 0.247 e. The quantitative estimate of drug-likeness (QED) is 0.632. The van der Waals surface area contributed by atoms with Crippen molar-refractivity contribution in [3.63, 3.8) is 0 Å². The van der Waals surface area contributed by atoms with Crippen molar-refractivity contribution >= 4 is 68.7 Å². The zero-order valence-corrected chi connectivity index (χ0v) is 14.1. The van der Waals surface area contributed by atoms with E-state index in [0.29, 0.717) is 5.52 Å². The number of sulfone groups is 1. The molecule has 0 atom stereocenters. The van der Waals surface area contributed by atoms with E-state index in [1.807, 2.05) is 18.2 Å². The molecular weight excluding hydrogens is 440 g/mol. The van der Waals surface area contributed by atoms with Crippen LogP contribution in [-0.2, 0) is 16.9 Å². The summed E-state index contributed by atoms with van der Waals surface area (Å²) in [5, 5.41) is -0.00988. The van der Waals surface area contributed by atoms with Gasteiger partial charge in [-0.15, -0.1) is 0 Å². The second kappa shape index (κ2) is 4.32. The zero-order valence-electron chi connectivity index (χ0n) is 8.56. The largest absolute Gasteiger partial charge is 0.318 e. The number of aryl methyl sites for hydroxylation is 1. The fourth-order valence-corrected chi connectivity index (χ4v) is 3.65. The third-order valence-electron chi connectivity index (χ3n) is 2.29. The predicted molar refractivity (Wildman–Crippen MR) is 77.4 cm³/mol. The van der Waals surface area contributed by atoms with E-state index in [0.717, 1.165) is 5.52 Å². The summed E-state index contributed by atoms with van der Waals surface area (Å²) in [4.78, 5) is 4.14. The number of aromatic nitrogens is 2. The summed E-state index contributed by atoms with van der Waals surface area (Å²) in [5.74, 6) is 0. The summed E-state index contributed by atoms with van der Waals surface area (Å²) >= 11 is 9.06. The van der Waals surface area contributed by atoms with Crippen LogP contribution in [0.4, 0.5) is 0 Å². The summed E-state index contributed by atoms with van der Waals surface area (Å²) < 4.78 is 24.6. The van der Waals surface area contributed by atoms with Crippen LogP contribution in [0, 0.1) is 0 Å². The van der Waals surface area contributed by atoms with Gasteiger partial charge < -0.3 is 4.57 Å². The SMILES string of the molecule is Cn1c(S(=O)(=O)C(Br)(Br)Br)nc2ccccc21. The van der Waals surface area contributed by atoms with Gasteiger partial charge >= 0.3 is 0 Å². The molecule has 0 saturated carbocycles. The lowest BCUT2D eigenvalue weighted by molar-refractivity contribution is 0.583. The highest BCUT2D eigenvalue weighted by atomic mass is 80.0. The Morgan fingerprint density at radius 2 is 1.82 bits per heavy atom. The Bertz CT molecular complexity index is 673. The third-order valence-corrected chi connectivity index (χ3v) is 7.58. The summed E-state index contributed by atoms with van der Waals surface area (Å²) in [7, 11) is -2.00. The van der Waals surface area contributed by atoms with Crippen LogP contribution in [0.2, 0.25) is 0 Å². The van der Waals surface area contributed by atoms with Crippen LogP contribution in [-0.4, -0.2) is 19.4 Å². The maximum absolute atomic E-state index is 12.2. The average Bonchev–Trinajstić information content (AvgIpc) is 2.56. The molecule has 0 saturated heterocycles. The Labute approximate surface area is 124 Å². The number of rotatable bonds is 1. The molecule has 2 aromatic rings. The topological polar surface area (TPSA) is 52.0 Å². The number of fused-ring (bicyclic) bond motifs is 1. The molecule has 0 radical (unpaired) electrons. The number of halogens is 3. The van der Waals surface area contributed by atoms with Gasteiger partial charge in [0, 0.05) is 7.05 Å². The first-order chi connectivity index (χ1) is 7.75. The van der Waals surface area contributed by atoms with Gasteiger partial charge in [0.05, 0.1) is 11.0 Å². The average molecular weight is 447 g/mol. The van der Waals surface area contributed by atoms with Crippen LogP contribution < -0.4 is 0 Å². The molecule has 92 valence electrons. The van der Waals surface area contributed by atoms with E-state index < -0.39 is 11.3 Å². The molecule has 1 aromatic heterocycles. The van der Waals surface area contributed by atoms with E-state index in [2.05, 4.69) is 52.8 Å². The molecule has 4 nitrogen and oxygen atoms in total. The Hall–Kier alpha value is 0.0800. The van der Waals surface area contributed by atoms with Gasteiger partial charge in [0.15, 0.2) is 0 Å². The first-order valence-corrected chi connectivity index (χ1v) is 8.34. The molecule has 0 aliphatic rings. The molecular formula is C9H7Br3N2O2S. The number of benzene rings is 1. The minimum absolute atomic E-state index is 0.00988. The van der Waals surface area contributed by atoms with Gasteiger partial charge in [0.1, 0.15) is 0 Å². The van der Waals surface area contributed by atoms with Crippen molar-refractivity contribution in [2.45, 2.75) is 6.63 Å². The van der Waals surface area contributed by atoms with Gasteiger partial charge in [-0.25, -0.2) is 13.4 Å². The summed E-state index contributed by atoms with van der Waals surface area (Å²) in [5.41, 5.74) is 1.41. The van der Waals surface area contributed by atoms with Gasteiger partial charge in [0.25, 0.3) is 0 Å². The molecule has 0 amide bonds. The molecule has 0 bridgehead atoms. The normalized spacial score (nSPS) is 13.2. The summed E-state index contributed by atoms with van der Waals surface area (Å²) in [6.45, 7) is 0. The van der Waals surface area contributed by atoms with Crippen LogP contribution in [0.5, 0.6) is 0 Å².